The highest BCUT2D eigenvalue weighted by atomic mass is 15.4. The summed E-state index contributed by atoms with van der Waals surface area (Å²) in [4.78, 5) is 3.61. The van der Waals surface area contributed by atoms with E-state index < -0.39 is 0 Å². The third-order valence-corrected chi connectivity index (χ3v) is 4.44. The molecule has 3 rings (SSSR count). The number of H-pyrrole nitrogens is 1. The van der Waals surface area contributed by atoms with E-state index in [2.05, 4.69) is 25.3 Å². The SMILES string of the molecule is [C-]#[N+]c1c(N=Nc2c(C(C)(C)C)nn(-c3ccccc3)c2N)n[nH]c1C(C)(C)C. The molecule has 8 heteroatoms. The maximum Gasteiger partial charge on any atom is 0.255 e. The van der Waals surface area contributed by atoms with Gasteiger partial charge in [0.25, 0.3) is 5.69 Å². The molecule has 150 valence electrons. The second-order valence-corrected chi connectivity index (χ2v) is 8.91. The van der Waals surface area contributed by atoms with E-state index in [1.165, 1.54) is 0 Å². The van der Waals surface area contributed by atoms with Crippen molar-refractivity contribution in [2.24, 2.45) is 10.2 Å². The molecule has 0 aliphatic heterocycles. The summed E-state index contributed by atoms with van der Waals surface area (Å²) in [6.07, 6.45) is 0. The molecule has 2 aromatic heterocycles. The average molecular weight is 390 g/mol. The van der Waals surface area contributed by atoms with E-state index in [0.29, 0.717) is 17.2 Å². The molecule has 0 saturated heterocycles. The van der Waals surface area contributed by atoms with Gasteiger partial charge in [-0.1, -0.05) is 59.7 Å². The zero-order valence-corrected chi connectivity index (χ0v) is 17.6. The van der Waals surface area contributed by atoms with E-state index in [9.17, 15) is 0 Å². The Balaban J connectivity index is 2.12. The summed E-state index contributed by atoms with van der Waals surface area (Å²) in [6.45, 7) is 19.7. The molecule has 2 heterocycles. The Bertz CT molecular complexity index is 1080. The van der Waals surface area contributed by atoms with Gasteiger partial charge in [-0.3, -0.25) is 5.10 Å². The standard InChI is InChI=1S/C21H26N8/c1-20(2,3)16-15(23-7)19(27-25-16)26-24-14-17(21(4,5)6)28-29(18(14)22)13-11-9-8-10-12-13/h8-12H,22H2,1-6H3,(H,25,27). The zero-order chi connectivity index (χ0) is 21.4. The van der Waals surface area contributed by atoms with Crippen LogP contribution in [0.1, 0.15) is 52.9 Å². The van der Waals surface area contributed by atoms with E-state index >= 15 is 0 Å². The highest BCUT2D eigenvalue weighted by molar-refractivity contribution is 5.68. The van der Waals surface area contributed by atoms with Gasteiger partial charge in [-0.2, -0.15) is 10.2 Å². The molecule has 0 aliphatic rings. The lowest BCUT2D eigenvalue weighted by molar-refractivity contribution is 0.561. The first kappa shape index (κ1) is 20.3. The number of aromatic amines is 1. The Labute approximate surface area is 170 Å². The summed E-state index contributed by atoms with van der Waals surface area (Å²) in [6, 6.07) is 9.64. The summed E-state index contributed by atoms with van der Waals surface area (Å²) in [7, 11) is 0. The first-order valence-corrected chi connectivity index (χ1v) is 9.36. The van der Waals surface area contributed by atoms with E-state index in [4.69, 9.17) is 17.4 Å². The number of nitrogens with one attached hydrogen (secondary N) is 1. The minimum Gasteiger partial charge on any atom is -0.382 e. The summed E-state index contributed by atoms with van der Waals surface area (Å²) in [5.41, 5.74) is 8.99. The number of nitrogens with zero attached hydrogens (tertiary/aromatic N) is 6. The molecule has 29 heavy (non-hydrogen) atoms. The Kier molecular flexibility index (Phi) is 5.01. The number of azo groups is 1. The second-order valence-electron chi connectivity index (χ2n) is 8.91. The van der Waals surface area contributed by atoms with Crippen molar-refractivity contribution in [3.63, 3.8) is 0 Å². The van der Waals surface area contributed by atoms with Gasteiger partial charge in [-0.25, -0.2) is 9.53 Å². The van der Waals surface area contributed by atoms with Crippen LogP contribution >= 0.6 is 0 Å². The first-order valence-electron chi connectivity index (χ1n) is 9.36. The lowest BCUT2D eigenvalue weighted by Gasteiger charge is -2.16. The molecule has 0 aliphatic carbocycles. The van der Waals surface area contributed by atoms with Gasteiger partial charge < -0.3 is 5.73 Å². The van der Waals surface area contributed by atoms with Crippen LogP contribution in [-0.2, 0) is 10.8 Å². The lowest BCUT2D eigenvalue weighted by Crippen LogP contribution is -2.13. The monoisotopic (exact) mass is 390 g/mol. The quantitative estimate of drug-likeness (QED) is 0.440. The van der Waals surface area contributed by atoms with Gasteiger partial charge in [-0.05, 0) is 17.5 Å². The van der Waals surface area contributed by atoms with Crippen LogP contribution in [0.25, 0.3) is 10.5 Å². The van der Waals surface area contributed by atoms with Crippen LogP contribution in [0, 0.1) is 6.57 Å². The van der Waals surface area contributed by atoms with E-state index in [0.717, 1.165) is 17.1 Å². The van der Waals surface area contributed by atoms with Crippen LogP contribution < -0.4 is 5.73 Å². The van der Waals surface area contributed by atoms with Crippen molar-refractivity contribution >= 4 is 23.0 Å². The second kappa shape index (κ2) is 7.17. The fraction of sp³-hybridized carbons (Fsp3) is 0.381. The Hall–Kier alpha value is -3.47. The third kappa shape index (κ3) is 3.90. The minimum atomic E-state index is -0.298. The predicted octanol–water partition coefficient (Wildman–Crippen LogP) is 5.74. The molecule has 1 aromatic carbocycles. The summed E-state index contributed by atoms with van der Waals surface area (Å²) in [5.74, 6) is 0.637. The van der Waals surface area contributed by atoms with Gasteiger partial charge in [0.1, 0.15) is 0 Å². The molecule has 0 amide bonds. The number of hydrogen-bond acceptors (Lipinski definition) is 5. The van der Waals surface area contributed by atoms with Crippen molar-refractivity contribution in [3.8, 4) is 5.69 Å². The van der Waals surface area contributed by atoms with Crippen molar-refractivity contribution < 1.29 is 0 Å². The Morgan fingerprint density at radius 1 is 1.03 bits per heavy atom. The highest BCUT2D eigenvalue weighted by Crippen LogP contribution is 2.40. The molecular weight excluding hydrogens is 364 g/mol. The number of benzene rings is 1. The number of hydrogen-bond donors (Lipinski definition) is 2. The number of nitrogens with two attached hydrogens (primary N) is 1. The highest BCUT2D eigenvalue weighted by Gasteiger charge is 2.28. The van der Waals surface area contributed by atoms with Crippen LogP contribution in [0.2, 0.25) is 0 Å². The third-order valence-electron chi connectivity index (χ3n) is 4.44. The maximum atomic E-state index is 7.53. The fourth-order valence-corrected chi connectivity index (χ4v) is 2.92. The van der Waals surface area contributed by atoms with Crippen LogP contribution in [-0.4, -0.2) is 20.0 Å². The zero-order valence-electron chi connectivity index (χ0n) is 17.6. The van der Waals surface area contributed by atoms with Crippen LogP contribution in [0.3, 0.4) is 0 Å². The van der Waals surface area contributed by atoms with E-state index in [-0.39, 0.29) is 16.6 Å². The summed E-state index contributed by atoms with van der Waals surface area (Å²) in [5, 5.41) is 20.5. The minimum absolute atomic E-state index is 0.247. The average Bonchev–Trinajstić information content (AvgIpc) is 3.21. The van der Waals surface area contributed by atoms with Crippen molar-refractivity contribution in [2.45, 2.75) is 52.4 Å². The first-order chi connectivity index (χ1) is 13.5. The van der Waals surface area contributed by atoms with Gasteiger partial charge >= 0.3 is 0 Å². The van der Waals surface area contributed by atoms with Gasteiger partial charge in [-0.15, -0.1) is 10.2 Å². The lowest BCUT2D eigenvalue weighted by atomic mass is 9.91. The van der Waals surface area contributed by atoms with Crippen molar-refractivity contribution in [1.29, 1.82) is 0 Å². The number of nitrogen functional groups attached to an aromatic ring is 1. The van der Waals surface area contributed by atoms with Crippen molar-refractivity contribution in [2.75, 3.05) is 5.73 Å². The van der Waals surface area contributed by atoms with Gasteiger partial charge in [0, 0.05) is 11.1 Å². The molecule has 0 spiro atoms. The Morgan fingerprint density at radius 2 is 1.69 bits per heavy atom. The fourth-order valence-electron chi connectivity index (χ4n) is 2.92. The smallest absolute Gasteiger partial charge is 0.255 e. The van der Waals surface area contributed by atoms with Crippen molar-refractivity contribution in [1.82, 2.24) is 20.0 Å². The molecule has 0 unspecified atom stereocenters. The molecule has 0 fully saturated rings. The summed E-state index contributed by atoms with van der Waals surface area (Å²) < 4.78 is 1.66. The molecule has 3 aromatic rings. The normalized spacial score (nSPS) is 12.4. The molecular formula is C21H26N8. The van der Waals surface area contributed by atoms with Crippen LogP contribution in [0.4, 0.5) is 23.0 Å². The number of anilines is 1. The van der Waals surface area contributed by atoms with Crippen LogP contribution in [0.15, 0.2) is 40.6 Å². The molecule has 3 N–H and O–H groups in total. The largest absolute Gasteiger partial charge is 0.382 e. The molecule has 8 nitrogen and oxygen atoms in total. The maximum absolute atomic E-state index is 7.53. The van der Waals surface area contributed by atoms with Gasteiger partial charge in [0.2, 0.25) is 5.82 Å². The Morgan fingerprint density at radius 3 is 2.24 bits per heavy atom. The van der Waals surface area contributed by atoms with Gasteiger partial charge in [0.15, 0.2) is 11.5 Å². The van der Waals surface area contributed by atoms with E-state index in [1.807, 2.05) is 71.9 Å². The summed E-state index contributed by atoms with van der Waals surface area (Å²) >= 11 is 0. The molecule has 0 saturated carbocycles. The molecule has 0 atom stereocenters. The van der Waals surface area contributed by atoms with Crippen LogP contribution in [0.5, 0.6) is 0 Å². The van der Waals surface area contributed by atoms with Crippen molar-refractivity contribution in [3.05, 3.63) is 53.1 Å². The number of rotatable bonds is 3. The van der Waals surface area contributed by atoms with Gasteiger partial charge in [0.05, 0.1) is 18.0 Å². The number of para-hydroxylation sites is 1. The van der Waals surface area contributed by atoms with E-state index in [1.54, 1.807) is 4.68 Å². The molecule has 0 radical (unpaired) electrons. The predicted molar refractivity (Wildman–Crippen MR) is 114 cm³/mol. The molecule has 0 bridgehead atoms. The number of aromatic nitrogens is 4. The topological polar surface area (TPSA) is 102 Å².